The minimum absolute atomic E-state index is 0.0695. The van der Waals surface area contributed by atoms with Crippen LogP contribution in [0.3, 0.4) is 0 Å². The molecule has 21 heavy (non-hydrogen) atoms. The molecule has 3 aromatic rings. The third-order valence-corrected chi connectivity index (χ3v) is 3.78. The van der Waals surface area contributed by atoms with Gasteiger partial charge in [-0.25, -0.2) is 4.39 Å². The number of para-hydroxylation sites is 1. The van der Waals surface area contributed by atoms with Gasteiger partial charge in [-0.3, -0.25) is 0 Å². The number of hydrogen-bond acceptors (Lipinski definition) is 2. The van der Waals surface area contributed by atoms with Crippen molar-refractivity contribution in [2.75, 3.05) is 0 Å². The Bertz CT molecular complexity index is 730. The Morgan fingerprint density at radius 1 is 1.14 bits per heavy atom. The van der Waals surface area contributed by atoms with E-state index in [1.807, 2.05) is 44.2 Å². The third-order valence-electron chi connectivity index (χ3n) is 3.78. The summed E-state index contributed by atoms with van der Waals surface area (Å²) in [5.74, 6) is 0.694. The number of rotatable bonds is 4. The van der Waals surface area contributed by atoms with Gasteiger partial charge in [0.2, 0.25) is 0 Å². The topological polar surface area (TPSA) is 25.2 Å². The van der Waals surface area contributed by atoms with Gasteiger partial charge in [0.05, 0.1) is 6.04 Å². The first kappa shape index (κ1) is 13.8. The predicted molar refractivity (Wildman–Crippen MR) is 82.6 cm³/mol. The molecule has 108 valence electrons. The molecular formula is C18H18FNO. The molecule has 1 unspecified atom stereocenters. The molecule has 0 bridgehead atoms. The maximum Gasteiger partial charge on any atom is 0.134 e. The Morgan fingerprint density at radius 3 is 2.76 bits per heavy atom. The molecule has 1 N–H and O–H groups in total. The summed E-state index contributed by atoms with van der Waals surface area (Å²) in [6.45, 7) is 4.65. The molecule has 0 radical (unpaired) electrons. The highest BCUT2D eigenvalue weighted by Gasteiger charge is 2.11. The second kappa shape index (κ2) is 5.70. The van der Waals surface area contributed by atoms with Crippen molar-refractivity contribution in [3.8, 4) is 0 Å². The zero-order chi connectivity index (χ0) is 14.8. The summed E-state index contributed by atoms with van der Waals surface area (Å²) in [5, 5.41) is 4.48. The van der Waals surface area contributed by atoms with Gasteiger partial charge in [-0.15, -0.1) is 0 Å². The molecule has 0 saturated carbocycles. The van der Waals surface area contributed by atoms with Gasteiger partial charge in [0.15, 0.2) is 0 Å². The van der Waals surface area contributed by atoms with Gasteiger partial charge >= 0.3 is 0 Å². The first-order valence-corrected chi connectivity index (χ1v) is 7.10. The fourth-order valence-electron chi connectivity index (χ4n) is 2.41. The molecule has 1 heterocycles. The Balaban J connectivity index is 1.74. The highest BCUT2D eigenvalue weighted by atomic mass is 19.1. The van der Waals surface area contributed by atoms with Crippen molar-refractivity contribution in [3.63, 3.8) is 0 Å². The van der Waals surface area contributed by atoms with Gasteiger partial charge in [0.25, 0.3) is 0 Å². The summed E-state index contributed by atoms with van der Waals surface area (Å²) in [6, 6.07) is 14.9. The first-order valence-electron chi connectivity index (χ1n) is 7.10. The number of fused-ring (bicyclic) bond motifs is 1. The van der Waals surface area contributed by atoms with Gasteiger partial charge < -0.3 is 9.73 Å². The van der Waals surface area contributed by atoms with Crippen molar-refractivity contribution in [1.29, 1.82) is 0 Å². The lowest BCUT2D eigenvalue weighted by Gasteiger charge is -2.13. The maximum atomic E-state index is 13.3. The predicted octanol–water partition coefficient (Wildman–Crippen LogP) is 4.73. The summed E-state index contributed by atoms with van der Waals surface area (Å²) < 4.78 is 19.1. The lowest BCUT2D eigenvalue weighted by atomic mass is 10.1. The summed E-state index contributed by atoms with van der Waals surface area (Å²) in [5.41, 5.74) is 2.95. The molecular weight excluding hydrogens is 265 g/mol. The molecule has 2 nitrogen and oxygen atoms in total. The smallest absolute Gasteiger partial charge is 0.134 e. The average Bonchev–Trinajstić information content (AvgIpc) is 2.92. The lowest BCUT2D eigenvalue weighted by molar-refractivity contribution is 0.450. The summed E-state index contributed by atoms with van der Waals surface area (Å²) >= 11 is 0. The SMILES string of the molecule is Cc1ccc(F)cc1CNC(C)c1cc2ccccc2o1. The van der Waals surface area contributed by atoms with Crippen LogP contribution in [-0.2, 0) is 6.54 Å². The largest absolute Gasteiger partial charge is 0.459 e. The summed E-state index contributed by atoms with van der Waals surface area (Å²) in [6.07, 6.45) is 0. The number of benzene rings is 2. The summed E-state index contributed by atoms with van der Waals surface area (Å²) in [7, 11) is 0. The van der Waals surface area contributed by atoms with E-state index in [9.17, 15) is 4.39 Å². The van der Waals surface area contributed by atoms with E-state index in [0.29, 0.717) is 6.54 Å². The Morgan fingerprint density at radius 2 is 1.95 bits per heavy atom. The molecule has 0 fully saturated rings. The average molecular weight is 283 g/mol. The normalized spacial score (nSPS) is 12.7. The van der Waals surface area contributed by atoms with Crippen LogP contribution in [0.15, 0.2) is 52.9 Å². The third kappa shape index (κ3) is 2.98. The molecule has 0 spiro atoms. The molecule has 0 aliphatic rings. The van der Waals surface area contributed by atoms with Crippen LogP contribution in [-0.4, -0.2) is 0 Å². The van der Waals surface area contributed by atoms with E-state index < -0.39 is 0 Å². The molecule has 1 aromatic heterocycles. The van der Waals surface area contributed by atoms with Crippen molar-refractivity contribution < 1.29 is 8.81 Å². The van der Waals surface area contributed by atoms with E-state index in [1.165, 1.54) is 6.07 Å². The van der Waals surface area contributed by atoms with Gasteiger partial charge in [-0.05, 0) is 49.2 Å². The van der Waals surface area contributed by atoms with Crippen molar-refractivity contribution in [2.24, 2.45) is 0 Å². The number of halogens is 1. The minimum Gasteiger partial charge on any atom is -0.459 e. The van der Waals surface area contributed by atoms with Crippen LogP contribution in [0.2, 0.25) is 0 Å². The molecule has 0 saturated heterocycles. The molecule has 0 aliphatic carbocycles. The standard InChI is InChI=1S/C18H18FNO/c1-12-7-8-16(19)9-15(12)11-20-13(2)18-10-14-5-3-4-6-17(14)21-18/h3-10,13,20H,11H2,1-2H3. The van der Waals surface area contributed by atoms with E-state index in [1.54, 1.807) is 12.1 Å². The zero-order valence-electron chi connectivity index (χ0n) is 12.2. The van der Waals surface area contributed by atoms with E-state index in [4.69, 9.17) is 4.42 Å². The van der Waals surface area contributed by atoms with Crippen LogP contribution < -0.4 is 5.32 Å². The van der Waals surface area contributed by atoms with E-state index in [0.717, 1.165) is 27.9 Å². The van der Waals surface area contributed by atoms with Crippen LogP contribution >= 0.6 is 0 Å². The maximum absolute atomic E-state index is 13.3. The molecule has 0 aliphatic heterocycles. The minimum atomic E-state index is -0.200. The number of nitrogens with one attached hydrogen (secondary N) is 1. The Labute approximate surface area is 123 Å². The molecule has 2 aromatic carbocycles. The molecule has 0 amide bonds. The summed E-state index contributed by atoms with van der Waals surface area (Å²) in [4.78, 5) is 0. The quantitative estimate of drug-likeness (QED) is 0.748. The Kier molecular flexibility index (Phi) is 3.76. The lowest BCUT2D eigenvalue weighted by Crippen LogP contribution is -2.18. The zero-order valence-corrected chi connectivity index (χ0v) is 12.2. The van der Waals surface area contributed by atoms with E-state index in [2.05, 4.69) is 5.32 Å². The van der Waals surface area contributed by atoms with Crippen molar-refractivity contribution >= 4 is 11.0 Å². The highest BCUT2D eigenvalue weighted by Crippen LogP contribution is 2.24. The number of furan rings is 1. The second-order valence-electron chi connectivity index (χ2n) is 5.36. The van der Waals surface area contributed by atoms with E-state index in [-0.39, 0.29) is 11.9 Å². The number of aryl methyl sites for hydroxylation is 1. The van der Waals surface area contributed by atoms with Crippen LogP contribution in [0.25, 0.3) is 11.0 Å². The van der Waals surface area contributed by atoms with Crippen molar-refractivity contribution in [1.82, 2.24) is 5.32 Å². The van der Waals surface area contributed by atoms with Gasteiger partial charge in [-0.2, -0.15) is 0 Å². The van der Waals surface area contributed by atoms with Crippen LogP contribution in [0.1, 0.15) is 29.9 Å². The molecule has 1 atom stereocenters. The first-order chi connectivity index (χ1) is 10.1. The van der Waals surface area contributed by atoms with Crippen LogP contribution in [0.5, 0.6) is 0 Å². The van der Waals surface area contributed by atoms with Gasteiger partial charge in [-0.1, -0.05) is 24.3 Å². The molecule has 3 heteroatoms. The highest BCUT2D eigenvalue weighted by molar-refractivity contribution is 5.77. The molecule has 3 rings (SSSR count). The van der Waals surface area contributed by atoms with E-state index >= 15 is 0 Å². The fraction of sp³-hybridized carbons (Fsp3) is 0.222. The van der Waals surface area contributed by atoms with Gasteiger partial charge in [0, 0.05) is 11.9 Å². The number of hydrogen-bond donors (Lipinski definition) is 1. The van der Waals surface area contributed by atoms with Crippen LogP contribution in [0.4, 0.5) is 4.39 Å². The Hall–Kier alpha value is -2.13. The second-order valence-corrected chi connectivity index (χ2v) is 5.36. The van der Waals surface area contributed by atoms with Crippen molar-refractivity contribution in [2.45, 2.75) is 26.4 Å². The monoisotopic (exact) mass is 283 g/mol. The fourth-order valence-corrected chi connectivity index (χ4v) is 2.41. The van der Waals surface area contributed by atoms with Crippen molar-refractivity contribution in [3.05, 3.63) is 71.2 Å². The van der Waals surface area contributed by atoms with Crippen LogP contribution in [0, 0.1) is 12.7 Å². The van der Waals surface area contributed by atoms with Gasteiger partial charge in [0.1, 0.15) is 17.2 Å².